The van der Waals surface area contributed by atoms with Gasteiger partial charge in [0, 0.05) is 11.7 Å². The summed E-state index contributed by atoms with van der Waals surface area (Å²) in [6, 6.07) is 24.4. The maximum absolute atomic E-state index is 2.45. The molecule has 1 heterocycles. The van der Waals surface area contributed by atoms with Crippen LogP contribution < -0.4 is 9.80 Å². The molecule has 0 saturated heterocycles. The number of fused-ring (bicyclic) bond motifs is 2. The number of hydrogen-bond donors (Lipinski definition) is 0. The lowest BCUT2D eigenvalue weighted by Crippen LogP contribution is -2.33. The molecule has 0 unspecified atom stereocenters. The molecule has 3 aromatic rings. The van der Waals surface area contributed by atoms with Gasteiger partial charge in [0.1, 0.15) is 0 Å². The van der Waals surface area contributed by atoms with Gasteiger partial charge in [0.15, 0.2) is 0 Å². The summed E-state index contributed by atoms with van der Waals surface area (Å²) in [4.78, 5) is 4.85. The molecule has 0 spiro atoms. The normalized spacial score (nSPS) is 14.0. The summed E-state index contributed by atoms with van der Waals surface area (Å²) >= 11 is 0. The summed E-state index contributed by atoms with van der Waals surface area (Å²) < 4.78 is 0. The monoisotopic (exact) mass is 288 g/mol. The van der Waals surface area contributed by atoms with Crippen molar-refractivity contribution in [2.45, 2.75) is 19.9 Å². The van der Waals surface area contributed by atoms with Crippen molar-refractivity contribution in [1.82, 2.24) is 0 Å². The highest BCUT2D eigenvalue weighted by Crippen LogP contribution is 2.41. The maximum atomic E-state index is 2.45. The number of nitrogens with zero attached hydrogens (tertiary/aromatic N) is 2. The molecular formula is C20H20N2. The van der Waals surface area contributed by atoms with Gasteiger partial charge in [-0.05, 0) is 48.9 Å². The Hall–Kier alpha value is -2.48. The van der Waals surface area contributed by atoms with Gasteiger partial charge < -0.3 is 9.80 Å². The third kappa shape index (κ3) is 2.03. The van der Waals surface area contributed by atoms with E-state index in [9.17, 15) is 0 Å². The number of para-hydroxylation sites is 2. The van der Waals surface area contributed by atoms with Crippen molar-refractivity contribution in [3.63, 3.8) is 0 Å². The SMILES string of the molecule is CC(C)N1CN(c2ccc3ccccc3c2)c2ccccc21. The van der Waals surface area contributed by atoms with Crippen LogP contribution in [0.15, 0.2) is 66.7 Å². The quantitative estimate of drug-likeness (QED) is 0.642. The minimum Gasteiger partial charge on any atom is -0.349 e. The zero-order valence-corrected chi connectivity index (χ0v) is 13.0. The van der Waals surface area contributed by atoms with E-state index in [-0.39, 0.29) is 0 Å². The van der Waals surface area contributed by atoms with E-state index in [1.807, 2.05) is 0 Å². The van der Waals surface area contributed by atoms with Gasteiger partial charge in [-0.3, -0.25) is 0 Å². The van der Waals surface area contributed by atoms with Crippen LogP contribution in [0.5, 0.6) is 0 Å². The second-order valence-corrected chi connectivity index (χ2v) is 6.15. The predicted octanol–water partition coefficient (Wildman–Crippen LogP) is 5.16. The first-order valence-corrected chi connectivity index (χ1v) is 7.86. The molecule has 3 aromatic carbocycles. The Morgan fingerprint density at radius 3 is 2.23 bits per heavy atom. The van der Waals surface area contributed by atoms with E-state index in [1.54, 1.807) is 0 Å². The van der Waals surface area contributed by atoms with Gasteiger partial charge in [0.2, 0.25) is 0 Å². The van der Waals surface area contributed by atoms with Gasteiger partial charge in [-0.1, -0.05) is 42.5 Å². The summed E-state index contributed by atoms with van der Waals surface area (Å²) in [7, 11) is 0. The molecule has 110 valence electrons. The van der Waals surface area contributed by atoms with Crippen LogP contribution >= 0.6 is 0 Å². The van der Waals surface area contributed by atoms with Crippen LogP contribution in [0.4, 0.5) is 17.1 Å². The average Bonchev–Trinajstić information content (AvgIpc) is 2.94. The zero-order valence-electron chi connectivity index (χ0n) is 13.0. The molecule has 0 saturated carbocycles. The van der Waals surface area contributed by atoms with Gasteiger partial charge in [0.25, 0.3) is 0 Å². The number of anilines is 3. The van der Waals surface area contributed by atoms with E-state index in [1.165, 1.54) is 27.8 Å². The third-order valence-corrected chi connectivity index (χ3v) is 4.44. The molecule has 0 bridgehead atoms. The summed E-state index contributed by atoms with van der Waals surface area (Å²) in [5, 5.41) is 2.58. The smallest absolute Gasteiger partial charge is 0.0955 e. The first kappa shape index (κ1) is 13.2. The molecule has 0 aliphatic carbocycles. The van der Waals surface area contributed by atoms with E-state index in [2.05, 4.69) is 90.4 Å². The van der Waals surface area contributed by atoms with Gasteiger partial charge in [-0.15, -0.1) is 0 Å². The van der Waals surface area contributed by atoms with E-state index < -0.39 is 0 Å². The van der Waals surface area contributed by atoms with Gasteiger partial charge in [-0.2, -0.15) is 0 Å². The predicted molar refractivity (Wildman–Crippen MR) is 95.0 cm³/mol. The van der Waals surface area contributed by atoms with Crippen LogP contribution in [-0.4, -0.2) is 12.7 Å². The Morgan fingerprint density at radius 2 is 1.45 bits per heavy atom. The minimum absolute atomic E-state index is 0.492. The summed E-state index contributed by atoms with van der Waals surface area (Å²) in [5.74, 6) is 0. The molecule has 0 amide bonds. The van der Waals surface area contributed by atoms with Crippen molar-refractivity contribution in [1.29, 1.82) is 0 Å². The topological polar surface area (TPSA) is 6.48 Å². The fraction of sp³-hybridized carbons (Fsp3) is 0.200. The molecule has 0 atom stereocenters. The van der Waals surface area contributed by atoms with Crippen LogP contribution in [0.25, 0.3) is 10.8 Å². The highest BCUT2D eigenvalue weighted by atomic mass is 15.4. The van der Waals surface area contributed by atoms with Gasteiger partial charge >= 0.3 is 0 Å². The van der Waals surface area contributed by atoms with Crippen LogP contribution in [0.1, 0.15) is 13.8 Å². The van der Waals surface area contributed by atoms with Crippen molar-refractivity contribution < 1.29 is 0 Å². The van der Waals surface area contributed by atoms with Crippen molar-refractivity contribution in [2.75, 3.05) is 16.5 Å². The molecule has 22 heavy (non-hydrogen) atoms. The minimum atomic E-state index is 0.492. The van der Waals surface area contributed by atoms with E-state index in [4.69, 9.17) is 0 Å². The fourth-order valence-electron chi connectivity index (χ4n) is 3.25. The highest BCUT2D eigenvalue weighted by molar-refractivity contribution is 5.89. The Balaban J connectivity index is 1.81. The number of rotatable bonds is 2. The molecule has 0 fully saturated rings. The molecule has 0 radical (unpaired) electrons. The first-order valence-electron chi connectivity index (χ1n) is 7.86. The molecule has 2 nitrogen and oxygen atoms in total. The molecule has 1 aliphatic heterocycles. The maximum Gasteiger partial charge on any atom is 0.0955 e. The lowest BCUT2D eigenvalue weighted by Gasteiger charge is -2.25. The third-order valence-electron chi connectivity index (χ3n) is 4.44. The largest absolute Gasteiger partial charge is 0.349 e. The fourth-order valence-corrected chi connectivity index (χ4v) is 3.25. The summed E-state index contributed by atoms with van der Waals surface area (Å²) in [6.45, 7) is 5.41. The second kappa shape index (κ2) is 5.06. The Kier molecular flexibility index (Phi) is 3.04. The van der Waals surface area contributed by atoms with Crippen molar-refractivity contribution in [3.05, 3.63) is 66.7 Å². The van der Waals surface area contributed by atoms with Crippen molar-refractivity contribution in [3.8, 4) is 0 Å². The Labute approximate surface area is 131 Å². The molecule has 0 N–H and O–H groups in total. The lowest BCUT2D eigenvalue weighted by atomic mass is 10.1. The standard InChI is InChI=1S/C20H20N2/c1-15(2)21-14-22(20-10-6-5-9-19(20)21)18-12-11-16-7-3-4-8-17(16)13-18/h3-13,15H,14H2,1-2H3. The van der Waals surface area contributed by atoms with E-state index in [0.29, 0.717) is 6.04 Å². The molecule has 2 heteroatoms. The van der Waals surface area contributed by atoms with Crippen LogP contribution in [0.3, 0.4) is 0 Å². The first-order chi connectivity index (χ1) is 10.7. The van der Waals surface area contributed by atoms with Crippen molar-refractivity contribution in [2.24, 2.45) is 0 Å². The molecule has 1 aliphatic rings. The van der Waals surface area contributed by atoms with Gasteiger partial charge in [0.05, 0.1) is 18.0 Å². The summed E-state index contributed by atoms with van der Waals surface area (Å²) in [6.07, 6.45) is 0. The Morgan fingerprint density at radius 1 is 0.773 bits per heavy atom. The number of hydrogen-bond acceptors (Lipinski definition) is 2. The molecule has 0 aromatic heterocycles. The highest BCUT2D eigenvalue weighted by Gasteiger charge is 2.27. The van der Waals surface area contributed by atoms with Gasteiger partial charge in [-0.25, -0.2) is 0 Å². The van der Waals surface area contributed by atoms with E-state index in [0.717, 1.165) is 6.67 Å². The van der Waals surface area contributed by atoms with Crippen LogP contribution in [0.2, 0.25) is 0 Å². The second-order valence-electron chi connectivity index (χ2n) is 6.15. The summed E-state index contributed by atoms with van der Waals surface area (Å²) in [5.41, 5.74) is 3.88. The number of benzene rings is 3. The van der Waals surface area contributed by atoms with Crippen LogP contribution in [-0.2, 0) is 0 Å². The Bertz CT molecular complexity index is 823. The molecular weight excluding hydrogens is 268 g/mol. The van der Waals surface area contributed by atoms with E-state index >= 15 is 0 Å². The zero-order chi connectivity index (χ0) is 15.1. The average molecular weight is 288 g/mol. The molecule has 4 rings (SSSR count). The lowest BCUT2D eigenvalue weighted by molar-refractivity contribution is 0.709. The van der Waals surface area contributed by atoms with Crippen molar-refractivity contribution >= 4 is 27.8 Å². The van der Waals surface area contributed by atoms with Crippen LogP contribution in [0, 0.1) is 0 Å².